The molecule has 0 spiro atoms. The summed E-state index contributed by atoms with van der Waals surface area (Å²) in [6.07, 6.45) is 2.44. The summed E-state index contributed by atoms with van der Waals surface area (Å²) in [6, 6.07) is 8.74. The molecule has 1 nitrogen and oxygen atoms in total. The van der Waals surface area contributed by atoms with E-state index in [2.05, 4.69) is 52.0 Å². The van der Waals surface area contributed by atoms with Crippen LogP contribution in [0.1, 0.15) is 38.8 Å². The lowest BCUT2D eigenvalue weighted by Gasteiger charge is -2.35. The average Bonchev–Trinajstić information content (AvgIpc) is 2.55. The fourth-order valence-corrected chi connectivity index (χ4v) is 2.71. The van der Waals surface area contributed by atoms with Gasteiger partial charge in [0.1, 0.15) is 0 Å². The van der Waals surface area contributed by atoms with Crippen molar-refractivity contribution < 1.29 is 4.74 Å². The van der Waals surface area contributed by atoms with Gasteiger partial charge >= 0.3 is 0 Å². The summed E-state index contributed by atoms with van der Waals surface area (Å²) in [7, 11) is 0. The minimum atomic E-state index is 0.0256. The lowest BCUT2D eigenvalue weighted by molar-refractivity contribution is -0.102. The Morgan fingerprint density at radius 1 is 1.00 bits per heavy atom. The van der Waals surface area contributed by atoms with Gasteiger partial charge < -0.3 is 4.74 Å². The third-order valence-corrected chi connectivity index (χ3v) is 3.62. The van der Waals surface area contributed by atoms with Crippen LogP contribution < -0.4 is 0 Å². The molecule has 1 aliphatic carbocycles. The number of ether oxygens (including phenoxy) is 1. The zero-order chi connectivity index (χ0) is 11.8. The van der Waals surface area contributed by atoms with Crippen LogP contribution in [0.25, 0.3) is 0 Å². The summed E-state index contributed by atoms with van der Waals surface area (Å²) in [5, 5.41) is 0. The van der Waals surface area contributed by atoms with Crippen LogP contribution in [-0.4, -0.2) is 11.7 Å². The van der Waals surface area contributed by atoms with Crippen molar-refractivity contribution >= 4 is 0 Å². The van der Waals surface area contributed by atoms with Crippen molar-refractivity contribution in [3.8, 4) is 0 Å². The maximum absolute atomic E-state index is 6.24. The van der Waals surface area contributed by atoms with E-state index < -0.39 is 0 Å². The third-order valence-electron chi connectivity index (χ3n) is 3.62. The number of benzene rings is 1. The molecular weight excluding hydrogens is 196 g/mol. The highest BCUT2D eigenvalue weighted by atomic mass is 16.5. The molecule has 0 unspecified atom stereocenters. The lowest BCUT2D eigenvalue weighted by atomic mass is 9.87. The van der Waals surface area contributed by atoms with Gasteiger partial charge in [-0.05, 0) is 30.9 Å². The standard InChI is InChI=1S/C15H22O/c1-11(2)15(16-12(3)4)9-13-7-5-6-8-14(13)10-15/h5-8,11-12H,9-10H2,1-4H3. The third kappa shape index (κ3) is 2.01. The molecular formula is C15H22O. The van der Waals surface area contributed by atoms with E-state index in [9.17, 15) is 0 Å². The molecule has 0 atom stereocenters. The van der Waals surface area contributed by atoms with E-state index in [0.717, 1.165) is 12.8 Å². The van der Waals surface area contributed by atoms with Crippen molar-refractivity contribution in [3.05, 3.63) is 35.4 Å². The molecule has 0 aliphatic heterocycles. The second-order valence-corrected chi connectivity index (χ2v) is 5.51. The van der Waals surface area contributed by atoms with E-state index in [4.69, 9.17) is 4.74 Å². The average molecular weight is 218 g/mol. The first kappa shape index (κ1) is 11.7. The van der Waals surface area contributed by atoms with Crippen LogP contribution in [0.15, 0.2) is 24.3 Å². The Labute approximate surface area is 98.8 Å². The molecule has 0 N–H and O–H groups in total. The van der Waals surface area contributed by atoms with E-state index in [0.29, 0.717) is 12.0 Å². The maximum atomic E-state index is 6.24. The molecule has 1 aromatic carbocycles. The zero-order valence-corrected chi connectivity index (χ0v) is 10.8. The first-order chi connectivity index (χ1) is 7.53. The number of hydrogen-bond donors (Lipinski definition) is 0. The first-order valence-electron chi connectivity index (χ1n) is 6.28. The fraction of sp³-hybridized carbons (Fsp3) is 0.600. The topological polar surface area (TPSA) is 9.23 Å². The molecule has 88 valence electrons. The van der Waals surface area contributed by atoms with Crippen LogP contribution in [0.2, 0.25) is 0 Å². The molecule has 0 aromatic heterocycles. The predicted molar refractivity (Wildman–Crippen MR) is 67.6 cm³/mol. The Kier molecular flexibility index (Phi) is 3.07. The fourth-order valence-electron chi connectivity index (χ4n) is 2.71. The van der Waals surface area contributed by atoms with Crippen molar-refractivity contribution in [2.45, 2.75) is 52.2 Å². The van der Waals surface area contributed by atoms with Crippen LogP contribution in [0.3, 0.4) is 0 Å². The minimum Gasteiger partial charge on any atom is -0.371 e. The number of fused-ring (bicyclic) bond motifs is 1. The van der Waals surface area contributed by atoms with Gasteiger partial charge in [-0.15, -0.1) is 0 Å². The van der Waals surface area contributed by atoms with Crippen LogP contribution in [0.5, 0.6) is 0 Å². The summed E-state index contributed by atoms with van der Waals surface area (Å²) >= 11 is 0. The Morgan fingerprint density at radius 3 is 1.88 bits per heavy atom. The minimum absolute atomic E-state index is 0.0256. The van der Waals surface area contributed by atoms with Crippen molar-refractivity contribution in [2.24, 2.45) is 5.92 Å². The van der Waals surface area contributed by atoms with E-state index in [1.54, 1.807) is 0 Å². The molecule has 0 heterocycles. The van der Waals surface area contributed by atoms with Gasteiger partial charge in [0.2, 0.25) is 0 Å². The highest BCUT2D eigenvalue weighted by molar-refractivity contribution is 5.35. The maximum Gasteiger partial charge on any atom is 0.0789 e. The van der Waals surface area contributed by atoms with Gasteiger partial charge in [0.05, 0.1) is 11.7 Å². The Balaban J connectivity index is 2.27. The van der Waals surface area contributed by atoms with Gasteiger partial charge in [0, 0.05) is 12.8 Å². The summed E-state index contributed by atoms with van der Waals surface area (Å²) < 4.78 is 6.24. The van der Waals surface area contributed by atoms with Crippen LogP contribution in [0.4, 0.5) is 0 Å². The summed E-state index contributed by atoms with van der Waals surface area (Å²) in [6.45, 7) is 8.81. The van der Waals surface area contributed by atoms with Gasteiger partial charge in [-0.3, -0.25) is 0 Å². The molecule has 0 fully saturated rings. The molecule has 1 aromatic rings. The smallest absolute Gasteiger partial charge is 0.0789 e. The zero-order valence-electron chi connectivity index (χ0n) is 10.8. The number of rotatable bonds is 3. The molecule has 0 saturated carbocycles. The van der Waals surface area contributed by atoms with Gasteiger partial charge in [0.15, 0.2) is 0 Å². The summed E-state index contributed by atoms with van der Waals surface area (Å²) in [5.74, 6) is 0.558. The number of hydrogen-bond acceptors (Lipinski definition) is 1. The van der Waals surface area contributed by atoms with Crippen molar-refractivity contribution in [2.75, 3.05) is 0 Å². The van der Waals surface area contributed by atoms with E-state index in [1.165, 1.54) is 11.1 Å². The molecule has 0 bridgehead atoms. The van der Waals surface area contributed by atoms with Gasteiger partial charge in [-0.25, -0.2) is 0 Å². The first-order valence-corrected chi connectivity index (χ1v) is 6.28. The van der Waals surface area contributed by atoms with Gasteiger partial charge in [-0.2, -0.15) is 0 Å². The molecule has 0 radical (unpaired) electrons. The van der Waals surface area contributed by atoms with Crippen molar-refractivity contribution in [3.63, 3.8) is 0 Å². The Hall–Kier alpha value is -0.820. The van der Waals surface area contributed by atoms with Crippen LogP contribution in [-0.2, 0) is 17.6 Å². The summed E-state index contributed by atoms with van der Waals surface area (Å²) in [5.41, 5.74) is 2.96. The quantitative estimate of drug-likeness (QED) is 0.753. The summed E-state index contributed by atoms with van der Waals surface area (Å²) in [4.78, 5) is 0. The molecule has 16 heavy (non-hydrogen) atoms. The molecule has 1 heteroatoms. The predicted octanol–water partition coefficient (Wildman–Crippen LogP) is 3.61. The van der Waals surface area contributed by atoms with E-state index in [1.807, 2.05) is 0 Å². The second-order valence-electron chi connectivity index (χ2n) is 5.51. The van der Waals surface area contributed by atoms with E-state index >= 15 is 0 Å². The van der Waals surface area contributed by atoms with Crippen LogP contribution >= 0.6 is 0 Å². The normalized spacial score (nSPS) is 18.1. The molecule has 1 aliphatic rings. The monoisotopic (exact) mass is 218 g/mol. The Morgan fingerprint density at radius 2 is 1.50 bits per heavy atom. The SMILES string of the molecule is CC(C)OC1(C(C)C)Cc2ccccc2C1. The molecule has 0 amide bonds. The lowest BCUT2D eigenvalue weighted by Crippen LogP contribution is -2.41. The highest BCUT2D eigenvalue weighted by Crippen LogP contribution is 2.38. The van der Waals surface area contributed by atoms with Gasteiger partial charge in [0.25, 0.3) is 0 Å². The highest BCUT2D eigenvalue weighted by Gasteiger charge is 2.41. The van der Waals surface area contributed by atoms with Crippen molar-refractivity contribution in [1.29, 1.82) is 0 Å². The largest absolute Gasteiger partial charge is 0.371 e. The van der Waals surface area contributed by atoms with E-state index in [-0.39, 0.29) is 5.60 Å². The Bertz CT molecular complexity index is 340. The van der Waals surface area contributed by atoms with Gasteiger partial charge in [-0.1, -0.05) is 38.1 Å². The molecule has 2 rings (SSSR count). The van der Waals surface area contributed by atoms with Crippen molar-refractivity contribution in [1.82, 2.24) is 0 Å². The second kappa shape index (κ2) is 4.21. The molecule has 0 saturated heterocycles. The van der Waals surface area contributed by atoms with Crippen LogP contribution in [0, 0.1) is 5.92 Å².